The summed E-state index contributed by atoms with van der Waals surface area (Å²) in [5.41, 5.74) is 1.19. The van der Waals surface area contributed by atoms with Crippen LogP contribution in [0.5, 0.6) is 17.2 Å². The fourth-order valence-corrected chi connectivity index (χ4v) is 3.61. The zero-order valence-corrected chi connectivity index (χ0v) is 19.1. The Morgan fingerprint density at radius 2 is 1.88 bits per heavy atom. The van der Waals surface area contributed by atoms with Crippen LogP contribution >= 0.6 is 0 Å². The Morgan fingerprint density at radius 1 is 1.16 bits per heavy atom. The molecule has 3 aromatic rings. The Balaban J connectivity index is 1.87. The molecular formula is C24H32N4O4. The van der Waals surface area contributed by atoms with E-state index >= 15 is 0 Å². The average Bonchev–Trinajstić information content (AvgIpc) is 3.15. The molecule has 0 saturated carbocycles. The number of aromatic hydroxyl groups is 2. The summed E-state index contributed by atoms with van der Waals surface area (Å²) in [5.74, 6) is 1.35. The highest BCUT2D eigenvalue weighted by atomic mass is 16.5. The van der Waals surface area contributed by atoms with Gasteiger partial charge in [-0.25, -0.2) is 14.5 Å². The Hall–Kier alpha value is -3.26. The van der Waals surface area contributed by atoms with Crippen molar-refractivity contribution >= 4 is 0 Å². The highest BCUT2D eigenvalue weighted by molar-refractivity contribution is 5.69. The minimum Gasteiger partial charge on any atom is -0.508 e. The quantitative estimate of drug-likeness (QED) is 0.382. The lowest BCUT2D eigenvalue weighted by Crippen LogP contribution is -2.18. The standard InChI is InChI=1S/C24H32N4O4/c1-5-16(10-11-25-4)14-32-18-8-6-17(7-9-18)28-23(26-27-24(28)31)20-12-19(15(2)3)21(29)13-22(20)30/h6-9,12-13,15-16,25,29-30H,5,10-11,14H2,1-4H3,(H,27,31). The maximum absolute atomic E-state index is 12.5. The van der Waals surface area contributed by atoms with Gasteiger partial charge in [0, 0.05) is 6.07 Å². The second-order valence-electron chi connectivity index (χ2n) is 8.24. The third-order valence-electron chi connectivity index (χ3n) is 5.64. The lowest BCUT2D eigenvalue weighted by atomic mass is 9.98. The van der Waals surface area contributed by atoms with Gasteiger partial charge in [0.15, 0.2) is 5.82 Å². The van der Waals surface area contributed by atoms with E-state index in [1.54, 1.807) is 18.2 Å². The fraction of sp³-hybridized carbons (Fsp3) is 0.417. The number of nitrogens with one attached hydrogen (secondary N) is 2. The topological polar surface area (TPSA) is 112 Å². The van der Waals surface area contributed by atoms with Gasteiger partial charge in [-0.3, -0.25) is 0 Å². The monoisotopic (exact) mass is 440 g/mol. The number of aromatic nitrogens is 3. The predicted molar refractivity (Wildman–Crippen MR) is 125 cm³/mol. The minimum absolute atomic E-state index is 0.00675. The number of H-pyrrole nitrogens is 1. The van der Waals surface area contributed by atoms with Crippen molar-refractivity contribution < 1.29 is 14.9 Å². The van der Waals surface area contributed by atoms with Gasteiger partial charge in [0.1, 0.15) is 17.2 Å². The number of aromatic amines is 1. The summed E-state index contributed by atoms with van der Waals surface area (Å²) in [6.07, 6.45) is 2.09. The summed E-state index contributed by atoms with van der Waals surface area (Å²) in [5, 5.41) is 30.3. The maximum Gasteiger partial charge on any atom is 0.348 e. The number of hydrogen-bond donors (Lipinski definition) is 4. The van der Waals surface area contributed by atoms with Gasteiger partial charge in [-0.05, 0) is 67.7 Å². The third kappa shape index (κ3) is 5.13. The number of phenols is 2. The molecule has 1 unspecified atom stereocenters. The number of nitrogens with zero attached hydrogens (tertiary/aromatic N) is 2. The number of ether oxygens (including phenoxy) is 1. The average molecular weight is 441 g/mol. The number of rotatable bonds is 10. The van der Waals surface area contributed by atoms with E-state index in [-0.39, 0.29) is 23.2 Å². The number of phenolic OH excluding ortho intramolecular Hbond substituents is 2. The first-order valence-electron chi connectivity index (χ1n) is 11.0. The molecule has 0 fully saturated rings. The molecule has 1 aromatic heterocycles. The molecule has 2 aromatic carbocycles. The van der Waals surface area contributed by atoms with Crippen LogP contribution in [0.4, 0.5) is 0 Å². The Bertz CT molecular complexity index is 1090. The third-order valence-corrected chi connectivity index (χ3v) is 5.64. The molecule has 0 radical (unpaired) electrons. The van der Waals surface area contributed by atoms with Crippen LogP contribution in [0.25, 0.3) is 17.1 Å². The lowest BCUT2D eigenvalue weighted by Gasteiger charge is -2.16. The molecule has 0 aliphatic rings. The first kappa shape index (κ1) is 23.4. The van der Waals surface area contributed by atoms with E-state index in [1.807, 2.05) is 33.0 Å². The number of hydrogen-bond acceptors (Lipinski definition) is 6. The van der Waals surface area contributed by atoms with Gasteiger partial charge in [0.05, 0.1) is 17.9 Å². The van der Waals surface area contributed by atoms with Gasteiger partial charge in [0.2, 0.25) is 0 Å². The second kappa shape index (κ2) is 10.4. The molecule has 0 bridgehead atoms. The first-order chi connectivity index (χ1) is 15.3. The van der Waals surface area contributed by atoms with Crippen LogP contribution in [0.2, 0.25) is 0 Å². The van der Waals surface area contributed by atoms with Crippen LogP contribution in [-0.4, -0.2) is 45.2 Å². The van der Waals surface area contributed by atoms with Gasteiger partial charge >= 0.3 is 5.69 Å². The summed E-state index contributed by atoms with van der Waals surface area (Å²) in [6.45, 7) is 7.62. The van der Waals surface area contributed by atoms with Crippen molar-refractivity contribution in [1.82, 2.24) is 20.1 Å². The fourth-order valence-electron chi connectivity index (χ4n) is 3.61. The molecule has 1 heterocycles. The van der Waals surface area contributed by atoms with Crippen LogP contribution < -0.4 is 15.7 Å². The van der Waals surface area contributed by atoms with E-state index in [0.29, 0.717) is 29.3 Å². The van der Waals surface area contributed by atoms with E-state index in [4.69, 9.17) is 4.74 Å². The van der Waals surface area contributed by atoms with Gasteiger partial charge in [-0.1, -0.05) is 27.2 Å². The molecule has 8 nitrogen and oxygen atoms in total. The highest BCUT2D eigenvalue weighted by Crippen LogP contribution is 2.37. The summed E-state index contributed by atoms with van der Waals surface area (Å²) < 4.78 is 7.33. The first-order valence-corrected chi connectivity index (χ1v) is 11.0. The molecule has 0 amide bonds. The van der Waals surface area contributed by atoms with E-state index < -0.39 is 5.69 Å². The molecule has 0 spiro atoms. The highest BCUT2D eigenvalue weighted by Gasteiger charge is 2.19. The van der Waals surface area contributed by atoms with Crippen molar-refractivity contribution in [2.45, 2.75) is 39.5 Å². The van der Waals surface area contributed by atoms with Crippen LogP contribution in [0.1, 0.15) is 45.1 Å². The summed E-state index contributed by atoms with van der Waals surface area (Å²) in [6, 6.07) is 10.1. The van der Waals surface area contributed by atoms with Crippen molar-refractivity contribution in [1.29, 1.82) is 0 Å². The zero-order valence-electron chi connectivity index (χ0n) is 19.1. The van der Waals surface area contributed by atoms with Crippen molar-refractivity contribution in [3.63, 3.8) is 0 Å². The van der Waals surface area contributed by atoms with Crippen LogP contribution in [0.3, 0.4) is 0 Å². The van der Waals surface area contributed by atoms with E-state index in [1.165, 1.54) is 10.6 Å². The van der Waals surface area contributed by atoms with Crippen molar-refractivity contribution in [2.75, 3.05) is 20.2 Å². The molecule has 3 rings (SSSR count). The van der Waals surface area contributed by atoms with Gasteiger partial charge in [-0.2, -0.15) is 5.10 Å². The predicted octanol–water partition coefficient (Wildman–Crippen LogP) is 3.78. The maximum atomic E-state index is 12.5. The molecular weight excluding hydrogens is 408 g/mol. The number of benzene rings is 2. The largest absolute Gasteiger partial charge is 0.508 e. The molecule has 0 saturated heterocycles. The van der Waals surface area contributed by atoms with Crippen molar-refractivity contribution in [2.24, 2.45) is 5.92 Å². The molecule has 8 heteroatoms. The molecule has 0 aliphatic carbocycles. The SMILES string of the molecule is CCC(CCNC)COc1ccc(-n2c(-c3cc(C(C)C)c(O)cc3O)n[nH]c2=O)cc1. The minimum atomic E-state index is -0.426. The Labute approximate surface area is 187 Å². The summed E-state index contributed by atoms with van der Waals surface area (Å²) in [7, 11) is 1.94. The smallest absolute Gasteiger partial charge is 0.348 e. The van der Waals surface area contributed by atoms with Gasteiger partial charge < -0.3 is 20.3 Å². The van der Waals surface area contributed by atoms with E-state index in [0.717, 1.165) is 25.1 Å². The lowest BCUT2D eigenvalue weighted by molar-refractivity contribution is 0.236. The second-order valence-corrected chi connectivity index (χ2v) is 8.24. The molecule has 4 N–H and O–H groups in total. The normalized spacial score (nSPS) is 12.3. The van der Waals surface area contributed by atoms with Gasteiger partial charge in [-0.15, -0.1) is 0 Å². The zero-order chi connectivity index (χ0) is 23.3. The Morgan fingerprint density at radius 3 is 2.50 bits per heavy atom. The summed E-state index contributed by atoms with van der Waals surface area (Å²) >= 11 is 0. The van der Waals surface area contributed by atoms with Crippen LogP contribution in [0.15, 0.2) is 41.2 Å². The van der Waals surface area contributed by atoms with E-state index in [2.05, 4.69) is 22.4 Å². The van der Waals surface area contributed by atoms with Gasteiger partial charge in [0.25, 0.3) is 0 Å². The van der Waals surface area contributed by atoms with E-state index in [9.17, 15) is 15.0 Å². The Kier molecular flexibility index (Phi) is 7.58. The molecule has 1 atom stereocenters. The molecule has 32 heavy (non-hydrogen) atoms. The molecule has 0 aliphatic heterocycles. The van der Waals surface area contributed by atoms with Crippen molar-refractivity contribution in [3.05, 3.63) is 52.4 Å². The van der Waals surface area contributed by atoms with Crippen LogP contribution in [0, 0.1) is 5.92 Å². The molecule has 172 valence electrons. The van der Waals surface area contributed by atoms with Crippen LogP contribution in [-0.2, 0) is 0 Å². The van der Waals surface area contributed by atoms with Crippen molar-refractivity contribution in [3.8, 4) is 34.3 Å². The summed E-state index contributed by atoms with van der Waals surface area (Å²) in [4.78, 5) is 12.5.